The number of nitrogens with one attached hydrogen (secondary N) is 1. The fraction of sp³-hybridized carbons (Fsp3) is 0.267. The van der Waals surface area contributed by atoms with Crippen LogP contribution in [0.15, 0.2) is 24.5 Å². The maximum atomic E-state index is 14.1. The first-order valence-corrected chi connectivity index (χ1v) is 7.26. The summed E-state index contributed by atoms with van der Waals surface area (Å²) >= 11 is 5.89. The van der Waals surface area contributed by atoms with Crippen molar-refractivity contribution in [3.63, 3.8) is 0 Å². The largest absolute Gasteiger partial charge is 0.484 e. The van der Waals surface area contributed by atoms with Crippen molar-refractivity contribution in [2.24, 2.45) is 0 Å². The maximum Gasteiger partial charge on any atom is 0.167 e. The molecule has 1 aliphatic carbocycles. The molecule has 0 unspecified atom stereocenters. The van der Waals surface area contributed by atoms with Gasteiger partial charge in [-0.15, -0.1) is 0 Å². The average Bonchev–Trinajstić information content (AvgIpc) is 3.06. The van der Waals surface area contributed by atoms with E-state index >= 15 is 0 Å². The number of halogens is 2. The molecular weight excluding hydrogens is 307 g/mol. The van der Waals surface area contributed by atoms with Gasteiger partial charge < -0.3 is 4.74 Å². The third-order valence-corrected chi connectivity index (χ3v) is 4.01. The van der Waals surface area contributed by atoms with Crippen LogP contribution in [0.5, 0.6) is 5.75 Å². The molecule has 0 aliphatic heterocycles. The first-order valence-electron chi connectivity index (χ1n) is 6.89. The van der Waals surface area contributed by atoms with Crippen molar-refractivity contribution in [1.82, 2.24) is 20.2 Å². The molecule has 3 aromatic rings. The third-order valence-electron chi connectivity index (χ3n) is 3.81. The average molecular weight is 319 g/mol. The van der Waals surface area contributed by atoms with Crippen LogP contribution in [0, 0.1) is 5.82 Å². The van der Waals surface area contributed by atoms with Gasteiger partial charge in [0.1, 0.15) is 17.1 Å². The summed E-state index contributed by atoms with van der Waals surface area (Å²) in [4.78, 5) is 8.02. The minimum absolute atomic E-state index is 0.232. The van der Waals surface area contributed by atoms with Gasteiger partial charge in [-0.3, -0.25) is 5.10 Å². The van der Waals surface area contributed by atoms with E-state index in [0.29, 0.717) is 22.1 Å². The normalized spacial score (nSPS) is 16.0. The van der Waals surface area contributed by atoms with Gasteiger partial charge in [0, 0.05) is 17.5 Å². The van der Waals surface area contributed by atoms with Crippen LogP contribution in [0.25, 0.3) is 22.3 Å². The van der Waals surface area contributed by atoms with E-state index < -0.39 is 5.82 Å². The third kappa shape index (κ3) is 2.29. The van der Waals surface area contributed by atoms with Gasteiger partial charge in [0.15, 0.2) is 11.6 Å². The van der Waals surface area contributed by atoms with Crippen LogP contribution in [0.2, 0.25) is 5.15 Å². The number of benzene rings is 1. The topological polar surface area (TPSA) is 63.7 Å². The lowest BCUT2D eigenvalue weighted by Crippen LogP contribution is -2.13. The molecule has 7 heteroatoms. The van der Waals surface area contributed by atoms with Gasteiger partial charge in [0.05, 0.1) is 16.9 Å². The van der Waals surface area contributed by atoms with E-state index in [9.17, 15) is 4.39 Å². The number of hydrogen-bond donors (Lipinski definition) is 1. The molecule has 1 fully saturated rings. The van der Waals surface area contributed by atoms with Gasteiger partial charge >= 0.3 is 0 Å². The van der Waals surface area contributed by atoms with E-state index in [1.165, 1.54) is 12.4 Å². The number of ether oxygens (including phenoxy) is 1. The summed E-state index contributed by atoms with van der Waals surface area (Å²) < 4.78 is 19.9. The highest BCUT2D eigenvalue weighted by Crippen LogP contribution is 2.41. The number of hydrogen-bond acceptors (Lipinski definition) is 4. The SMILES string of the molecule is CC1(Oc2cc3c(-c4cc(Cl)ncn4)[nH]nc3cc2F)CC1. The Morgan fingerprint density at radius 1 is 1.27 bits per heavy atom. The zero-order valence-corrected chi connectivity index (χ0v) is 12.5. The summed E-state index contributed by atoms with van der Waals surface area (Å²) in [6.07, 6.45) is 3.24. The fourth-order valence-corrected chi connectivity index (χ4v) is 2.45. The highest BCUT2D eigenvalue weighted by molar-refractivity contribution is 6.29. The second-order valence-corrected chi connectivity index (χ2v) is 6.06. The minimum atomic E-state index is -0.417. The van der Waals surface area contributed by atoms with Gasteiger partial charge in [-0.05, 0) is 25.8 Å². The zero-order chi connectivity index (χ0) is 15.3. The summed E-state index contributed by atoms with van der Waals surface area (Å²) in [5.41, 5.74) is 1.51. The van der Waals surface area contributed by atoms with Crippen molar-refractivity contribution in [2.45, 2.75) is 25.4 Å². The van der Waals surface area contributed by atoms with E-state index in [4.69, 9.17) is 16.3 Å². The Bertz CT molecular complexity index is 875. The quantitative estimate of drug-likeness (QED) is 0.747. The second-order valence-electron chi connectivity index (χ2n) is 5.68. The Kier molecular flexibility index (Phi) is 2.84. The molecule has 5 nitrogen and oxygen atoms in total. The summed E-state index contributed by atoms with van der Waals surface area (Å²) in [6, 6.07) is 4.64. The molecule has 1 aromatic carbocycles. The van der Waals surface area contributed by atoms with Gasteiger partial charge in [-0.2, -0.15) is 5.10 Å². The molecule has 0 radical (unpaired) electrons. The van der Waals surface area contributed by atoms with Crippen LogP contribution >= 0.6 is 11.6 Å². The predicted octanol–water partition coefficient (Wildman–Crippen LogP) is 3.74. The smallest absolute Gasteiger partial charge is 0.167 e. The Morgan fingerprint density at radius 2 is 2.09 bits per heavy atom. The Balaban J connectivity index is 1.84. The number of aromatic nitrogens is 4. The molecule has 0 atom stereocenters. The Hall–Kier alpha value is -2.21. The molecule has 22 heavy (non-hydrogen) atoms. The van der Waals surface area contributed by atoms with Crippen LogP contribution in [-0.2, 0) is 0 Å². The molecule has 2 aromatic heterocycles. The standard InChI is InChI=1S/C15H12ClFN4O/c1-15(2-3-15)22-12-4-8-10(5-9(12)17)20-21-14(8)11-6-13(16)19-7-18-11/h4-7H,2-3H2,1H3,(H,20,21). The summed E-state index contributed by atoms with van der Waals surface area (Å²) in [6.45, 7) is 1.97. The van der Waals surface area contributed by atoms with Crippen molar-refractivity contribution >= 4 is 22.5 Å². The van der Waals surface area contributed by atoms with Gasteiger partial charge in [-0.25, -0.2) is 14.4 Å². The molecular formula is C15H12ClFN4O. The van der Waals surface area contributed by atoms with E-state index in [0.717, 1.165) is 18.2 Å². The molecule has 0 saturated heterocycles. The lowest BCUT2D eigenvalue weighted by atomic mass is 10.1. The molecule has 1 saturated carbocycles. The molecule has 112 valence electrons. The Labute approximate surface area is 130 Å². The number of aromatic amines is 1. The fourth-order valence-electron chi connectivity index (χ4n) is 2.30. The minimum Gasteiger partial charge on any atom is -0.484 e. The zero-order valence-electron chi connectivity index (χ0n) is 11.7. The molecule has 2 heterocycles. The van der Waals surface area contributed by atoms with Crippen molar-refractivity contribution < 1.29 is 9.13 Å². The number of H-pyrrole nitrogens is 1. The van der Waals surface area contributed by atoms with Crippen molar-refractivity contribution in [3.8, 4) is 17.1 Å². The van der Waals surface area contributed by atoms with Gasteiger partial charge in [-0.1, -0.05) is 11.6 Å². The van der Waals surface area contributed by atoms with Crippen LogP contribution in [0.3, 0.4) is 0 Å². The summed E-state index contributed by atoms with van der Waals surface area (Å²) in [5.74, 6) is -0.185. The van der Waals surface area contributed by atoms with Gasteiger partial charge in [0.25, 0.3) is 0 Å². The van der Waals surface area contributed by atoms with E-state index in [2.05, 4.69) is 20.2 Å². The molecule has 0 amide bonds. The van der Waals surface area contributed by atoms with E-state index in [1.54, 1.807) is 12.1 Å². The van der Waals surface area contributed by atoms with Crippen LogP contribution in [0.4, 0.5) is 4.39 Å². The van der Waals surface area contributed by atoms with E-state index in [-0.39, 0.29) is 11.4 Å². The molecule has 1 N–H and O–H groups in total. The molecule has 0 bridgehead atoms. The first kappa shape index (κ1) is 13.5. The molecule has 4 rings (SSSR count). The molecule has 0 spiro atoms. The van der Waals surface area contributed by atoms with Crippen LogP contribution in [-0.4, -0.2) is 25.8 Å². The van der Waals surface area contributed by atoms with Crippen molar-refractivity contribution in [1.29, 1.82) is 0 Å². The van der Waals surface area contributed by atoms with Crippen LogP contribution in [0.1, 0.15) is 19.8 Å². The second kappa shape index (κ2) is 4.64. The molecule has 1 aliphatic rings. The highest BCUT2D eigenvalue weighted by atomic mass is 35.5. The highest BCUT2D eigenvalue weighted by Gasteiger charge is 2.40. The number of fused-ring (bicyclic) bond motifs is 1. The van der Waals surface area contributed by atoms with E-state index in [1.807, 2.05) is 6.92 Å². The summed E-state index contributed by atoms with van der Waals surface area (Å²) in [5, 5.41) is 8.05. The van der Waals surface area contributed by atoms with Crippen LogP contribution < -0.4 is 4.74 Å². The lowest BCUT2D eigenvalue weighted by Gasteiger charge is -2.13. The summed E-state index contributed by atoms with van der Waals surface area (Å²) in [7, 11) is 0. The maximum absolute atomic E-state index is 14.1. The van der Waals surface area contributed by atoms with Crippen molar-refractivity contribution in [2.75, 3.05) is 0 Å². The first-order chi connectivity index (χ1) is 10.5. The number of nitrogens with zero attached hydrogens (tertiary/aromatic N) is 3. The predicted molar refractivity (Wildman–Crippen MR) is 80.4 cm³/mol. The van der Waals surface area contributed by atoms with Crippen molar-refractivity contribution in [3.05, 3.63) is 35.5 Å². The Morgan fingerprint density at radius 3 is 2.82 bits per heavy atom. The van der Waals surface area contributed by atoms with Gasteiger partial charge in [0.2, 0.25) is 0 Å². The monoisotopic (exact) mass is 318 g/mol. The lowest BCUT2D eigenvalue weighted by molar-refractivity contribution is 0.191. The number of rotatable bonds is 3.